The number of fused-ring (bicyclic) bond motifs is 2. The summed E-state index contributed by atoms with van der Waals surface area (Å²) in [6, 6.07) is 23.0. The molecule has 2 aromatic carbocycles. The lowest BCUT2D eigenvalue weighted by atomic mass is 10.1. The van der Waals surface area contributed by atoms with E-state index in [9.17, 15) is 0 Å². The van der Waals surface area contributed by atoms with Crippen LogP contribution in [0.5, 0.6) is 0 Å². The second kappa shape index (κ2) is 7.94. The maximum atomic E-state index is 8.95. The van der Waals surface area contributed by atoms with Crippen molar-refractivity contribution in [3.63, 3.8) is 0 Å². The molecule has 0 N–H and O–H groups in total. The van der Waals surface area contributed by atoms with Crippen LogP contribution in [0.25, 0.3) is 16.5 Å². The molecular weight excluding hydrogens is 382 g/mol. The summed E-state index contributed by atoms with van der Waals surface area (Å²) in [4.78, 5) is 6.98. The van der Waals surface area contributed by atoms with Crippen LogP contribution in [0.2, 0.25) is 0 Å². The molecule has 4 rings (SSSR count). The highest BCUT2D eigenvalue weighted by atomic mass is 32.2. The minimum absolute atomic E-state index is 0.126. The molecule has 0 saturated heterocycles. The molecule has 3 aromatic rings. The van der Waals surface area contributed by atoms with Gasteiger partial charge in [-0.1, -0.05) is 36.9 Å². The lowest BCUT2D eigenvalue weighted by Crippen LogP contribution is -2.21. The Hall–Kier alpha value is -2.99. The van der Waals surface area contributed by atoms with Crippen LogP contribution in [-0.4, -0.2) is 6.54 Å². The van der Waals surface area contributed by atoms with Crippen molar-refractivity contribution in [3.05, 3.63) is 65.0 Å². The molecule has 0 amide bonds. The van der Waals surface area contributed by atoms with E-state index in [2.05, 4.69) is 60.4 Å². The minimum atomic E-state index is 0.126. The molecule has 0 atom stereocenters. The van der Waals surface area contributed by atoms with Crippen molar-refractivity contribution < 1.29 is 0 Å². The number of nitriles is 2. The van der Waals surface area contributed by atoms with E-state index < -0.39 is 0 Å². The number of anilines is 2. The monoisotopic (exact) mass is 399 g/mol. The fraction of sp³-hybridized carbons (Fsp3) is 0.130. The molecular formula is C23H17N3S2. The fourth-order valence-electron chi connectivity index (χ4n) is 3.27. The fourth-order valence-corrected chi connectivity index (χ4v) is 5.35. The molecule has 1 aliphatic rings. The molecule has 1 aliphatic heterocycles. The number of thiophene rings is 1. The highest BCUT2D eigenvalue weighted by molar-refractivity contribution is 7.99. The highest BCUT2D eigenvalue weighted by Gasteiger charge is 2.23. The Kier molecular flexibility index (Phi) is 5.21. The molecule has 0 spiro atoms. The third kappa shape index (κ3) is 3.43. The molecule has 28 heavy (non-hydrogen) atoms. The average molecular weight is 400 g/mol. The van der Waals surface area contributed by atoms with Crippen LogP contribution in [-0.2, 0) is 0 Å². The molecule has 0 unspecified atom stereocenters. The van der Waals surface area contributed by atoms with Crippen LogP contribution in [0, 0.1) is 22.7 Å². The summed E-state index contributed by atoms with van der Waals surface area (Å²) in [5.74, 6) is 0. The zero-order chi connectivity index (χ0) is 19.5. The van der Waals surface area contributed by atoms with Gasteiger partial charge in [0.1, 0.15) is 17.7 Å². The maximum Gasteiger partial charge on any atom is 0.131 e. The van der Waals surface area contributed by atoms with Crippen LogP contribution in [0.15, 0.2) is 70.0 Å². The van der Waals surface area contributed by atoms with E-state index in [0.717, 1.165) is 28.3 Å². The van der Waals surface area contributed by atoms with Crippen LogP contribution < -0.4 is 4.90 Å². The van der Waals surface area contributed by atoms with Gasteiger partial charge in [0.2, 0.25) is 0 Å². The number of nitrogens with zero attached hydrogens (tertiary/aromatic N) is 3. The zero-order valence-electron chi connectivity index (χ0n) is 15.3. The summed E-state index contributed by atoms with van der Waals surface area (Å²) in [5.41, 5.74) is 3.81. The third-order valence-electron chi connectivity index (χ3n) is 4.51. The van der Waals surface area contributed by atoms with Gasteiger partial charge in [-0.2, -0.15) is 10.5 Å². The molecule has 3 nitrogen and oxygen atoms in total. The second-order valence-corrected chi connectivity index (χ2v) is 8.59. The van der Waals surface area contributed by atoms with Gasteiger partial charge in [-0.05, 0) is 54.5 Å². The topological polar surface area (TPSA) is 50.8 Å². The molecule has 136 valence electrons. The number of rotatable bonds is 4. The highest BCUT2D eigenvalue weighted by Crippen LogP contribution is 2.49. The number of benzene rings is 2. The van der Waals surface area contributed by atoms with Crippen molar-refractivity contribution in [1.82, 2.24) is 0 Å². The van der Waals surface area contributed by atoms with Crippen molar-refractivity contribution in [2.45, 2.75) is 23.1 Å². The van der Waals surface area contributed by atoms with Crippen molar-refractivity contribution in [3.8, 4) is 22.6 Å². The molecule has 0 saturated carbocycles. The SMILES string of the molecule is CCCN1c2ccccc2Sc2cc(-c3ccc(C=C(C#N)C#N)s3)ccc21. The largest absolute Gasteiger partial charge is 0.340 e. The molecule has 0 bridgehead atoms. The van der Waals surface area contributed by atoms with Crippen LogP contribution in [0.1, 0.15) is 18.2 Å². The van der Waals surface area contributed by atoms with Gasteiger partial charge < -0.3 is 4.90 Å². The van der Waals surface area contributed by atoms with Gasteiger partial charge in [-0.15, -0.1) is 11.3 Å². The first-order valence-electron chi connectivity index (χ1n) is 9.04. The summed E-state index contributed by atoms with van der Waals surface area (Å²) in [6.45, 7) is 3.19. The van der Waals surface area contributed by atoms with Gasteiger partial charge in [0.25, 0.3) is 0 Å². The van der Waals surface area contributed by atoms with Gasteiger partial charge >= 0.3 is 0 Å². The number of para-hydroxylation sites is 1. The standard InChI is InChI=1S/C23H17N3S2/c1-2-11-26-19-5-3-4-6-22(19)28-23-13-17(7-9-20(23)26)21-10-8-18(27-21)12-16(14-24)15-25/h3-10,12-13H,2,11H2,1H3. The first kappa shape index (κ1) is 18.4. The van der Waals surface area contributed by atoms with E-state index >= 15 is 0 Å². The van der Waals surface area contributed by atoms with Crippen molar-refractivity contribution in [2.24, 2.45) is 0 Å². The predicted molar refractivity (Wildman–Crippen MR) is 117 cm³/mol. The van der Waals surface area contributed by atoms with E-state index in [1.54, 1.807) is 17.4 Å². The zero-order valence-corrected chi connectivity index (χ0v) is 17.0. The molecule has 2 heterocycles. The Morgan fingerprint density at radius 1 is 1.00 bits per heavy atom. The lowest BCUT2D eigenvalue weighted by molar-refractivity contribution is 0.866. The Morgan fingerprint density at radius 2 is 1.79 bits per heavy atom. The Balaban J connectivity index is 1.71. The van der Waals surface area contributed by atoms with Gasteiger partial charge in [0.05, 0.1) is 11.4 Å². The molecule has 0 aliphatic carbocycles. The lowest BCUT2D eigenvalue weighted by Gasteiger charge is -2.32. The van der Waals surface area contributed by atoms with E-state index in [1.165, 1.54) is 21.2 Å². The normalized spacial score (nSPS) is 11.8. The number of hydrogen-bond donors (Lipinski definition) is 0. The molecule has 0 fully saturated rings. The Labute approximate surface area is 173 Å². The summed E-state index contributed by atoms with van der Waals surface area (Å²) in [7, 11) is 0. The predicted octanol–water partition coefficient (Wildman–Crippen LogP) is 6.86. The Bertz CT molecular complexity index is 1130. The third-order valence-corrected chi connectivity index (χ3v) is 6.71. The minimum Gasteiger partial charge on any atom is -0.340 e. The van der Waals surface area contributed by atoms with Gasteiger partial charge in [0.15, 0.2) is 0 Å². The van der Waals surface area contributed by atoms with Gasteiger partial charge in [-0.3, -0.25) is 0 Å². The smallest absolute Gasteiger partial charge is 0.131 e. The van der Waals surface area contributed by atoms with Crippen molar-refractivity contribution in [1.29, 1.82) is 10.5 Å². The van der Waals surface area contributed by atoms with Crippen molar-refractivity contribution >= 4 is 40.5 Å². The molecule has 0 radical (unpaired) electrons. The van der Waals surface area contributed by atoms with E-state index in [4.69, 9.17) is 10.5 Å². The van der Waals surface area contributed by atoms with Crippen LogP contribution >= 0.6 is 23.1 Å². The van der Waals surface area contributed by atoms with E-state index in [0.29, 0.717) is 0 Å². The molecule has 5 heteroatoms. The summed E-state index contributed by atoms with van der Waals surface area (Å²) < 4.78 is 0. The van der Waals surface area contributed by atoms with E-state index in [-0.39, 0.29) is 5.57 Å². The van der Waals surface area contributed by atoms with Crippen LogP contribution in [0.3, 0.4) is 0 Å². The first-order chi connectivity index (χ1) is 13.7. The van der Waals surface area contributed by atoms with E-state index in [1.807, 2.05) is 30.0 Å². The summed E-state index contributed by atoms with van der Waals surface area (Å²) >= 11 is 3.40. The van der Waals surface area contributed by atoms with Crippen molar-refractivity contribution in [2.75, 3.05) is 11.4 Å². The van der Waals surface area contributed by atoms with Crippen LogP contribution in [0.4, 0.5) is 11.4 Å². The van der Waals surface area contributed by atoms with Gasteiger partial charge in [0, 0.05) is 26.1 Å². The second-order valence-electron chi connectivity index (χ2n) is 6.39. The quantitative estimate of drug-likeness (QED) is 0.450. The summed E-state index contributed by atoms with van der Waals surface area (Å²) in [6.07, 6.45) is 2.72. The first-order valence-corrected chi connectivity index (χ1v) is 10.7. The summed E-state index contributed by atoms with van der Waals surface area (Å²) in [5, 5.41) is 17.9. The number of allylic oxidation sites excluding steroid dienone is 1. The number of hydrogen-bond acceptors (Lipinski definition) is 5. The maximum absolute atomic E-state index is 8.95. The molecule has 1 aromatic heterocycles. The average Bonchev–Trinajstić information content (AvgIpc) is 3.20. The van der Waals surface area contributed by atoms with Gasteiger partial charge in [-0.25, -0.2) is 0 Å². The Morgan fingerprint density at radius 3 is 2.57 bits per heavy atom.